The van der Waals surface area contributed by atoms with E-state index in [0.717, 1.165) is 34.6 Å². The van der Waals surface area contributed by atoms with Crippen LogP contribution < -0.4 is 10.6 Å². The molecule has 0 bridgehead atoms. The van der Waals surface area contributed by atoms with Crippen molar-refractivity contribution in [3.63, 3.8) is 0 Å². The van der Waals surface area contributed by atoms with Gasteiger partial charge in [0, 0.05) is 37.1 Å². The molecule has 0 aliphatic heterocycles. The lowest BCUT2D eigenvalue weighted by Gasteiger charge is -2.22. The molecule has 0 fully saturated rings. The lowest BCUT2D eigenvalue weighted by molar-refractivity contribution is 0.231. The summed E-state index contributed by atoms with van der Waals surface area (Å²) in [6, 6.07) is 9.65. The van der Waals surface area contributed by atoms with Crippen LogP contribution in [0.1, 0.15) is 32.6 Å². The fraction of sp³-hybridized carbons (Fsp3) is 0.421. The predicted molar refractivity (Wildman–Crippen MR) is 106 cm³/mol. The van der Waals surface area contributed by atoms with Crippen molar-refractivity contribution in [3.05, 3.63) is 36.4 Å². The number of nitrogens with zero attached hydrogens (tertiary/aromatic N) is 2. The highest BCUT2D eigenvalue weighted by Crippen LogP contribution is 2.31. The molecule has 142 valence electrons. The number of nitrogens with two attached hydrogens (primary N) is 1. The van der Waals surface area contributed by atoms with Crippen LogP contribution in [0.15, 0.2) is 41.3 Å². The molecule has 0 aliphatic rings. The third kappa shape index (κ3) is 4.09. The van der Waals surface area contributed by atoms with Crippen molar-refractivity contribution >= 4 is 32.5 Å². The molecule has 0 radical (unpaired) electrons. The van der Waals surface area contributed by atoms with Crippen LogP contribution in [-0.4, -0.2) is 39.4 Å². The van der Waals surface area contributed by atoms with Gasteiger partial charge in [0.2, 0.25) is 0 Å². The Labute approximate surface area is 155 Å². The number of anilines is 1. The van der Waals surface area contributed by atoms with E-state index in [2.05, 4.69) is 6.92 Å². The second-order valence-corrected chi connectivity index (χ2v) is 8.33. The van der Waals surface area contributed by atoms with Crippen molar-refractivity contribution in [2.24, 2.45) is 5.73 Å². The quantitative estimate of drug-likeness (QED) is 0.713. The molecule has 0 heterocycles. The fourth-order valence-corrected chi connectivity index (χ4v) is 4.58. The van der Waals surface area contributed by atoms with Crippen LogP contribution in [0, 0.1) is 0 Å². The molecule has 26 heavy (non-hydrogen) atoms. The molecule has 2 rings (SSSR count). The first-order chi connectivity index (χ1) is 12.3. The number of carbonyl (C=O) groups excluding carboxylic acids is 1. The molecular weight excluding hydrogens is 350 g/mol. The van der Waals surface area contributed by atoms with Crippen LogP contribution in [0.25, 0.3) is 10.8 Å². The van der Waals surface area contributed by atoms with Gasteiger partial charge in [0.1, 0.15) is 0 Å². The minimum Gasteiger partial charge on any atom is -0.377 e. The van der Waals surface area contributed by atoms with Gasteiger partial charge in [-0.2, -0.15) is 0 Å². The molecule has 0 saturated carbocycles. The topological polar surface area (TPSA) is 83.7 Å². The van der Waals surface area contributed by atoms with Gasteiger partial charge in [0.25, 0.3) is 10.0 Å². The maximum absolute atomic E-state index is 13.1. The average Bonchev–Trinajstić information content (AvgIpc) is 2.59. The van der Waals surface area contributed by atoms with Gasteiger partial charge in [0.15, 0.2) is 0 Å². The van der Waals surface area contributed by atoms with Crippen LogP contribution in [0.4, 0.5) is 10.5 Å². The highest BCUT2D eigenvalue weighted by molar-refractivity contribution is 7.89. The Balaban J connectivity index is 2.50. The lowest BCUT2D eigenvalue weighted by atomic mass is 10.1. The smallest absolute Gasteiger partial charge is 0.328 e. The number of fused-ring (bicyclic) bond motifs is 1. The molecule has 2 N–H and O–H groups in total. The molecule has 0 aliphatic carbocycles. The molecule has 2 amide bonds. The van der Waals surface area contributed by atoms with E-state index in [9.17, 15) is 13.2 Å². The largest absolute Gasteiger partial charge is 0.377 e. The number of primary amides is 1. The van der Waals surface area contributed by atoms with Crippen molar-refractivity contribution in [2.75, 3.05) is 25.5 Å². The molecule has 2 aromatic rings. The number of carbonyl (C=O) groups is 1. The summed E-state index contributed by atoms with van der Waals surface area (Å²) >= 11 is 0. The molecule has 6 nitrogen and oxygen atoms in total. The maximum atomic E-state index is 13.1. The number of hydrogen-bond acceptors (Lipinski definition) is 4. The van der Waals surface area contributed by atoms with Gasteiger partial charge >= 0.3 is 6.03 Å². The number of rotatable bonds is 8. The number of benzene rings is 2. The third-order valence-corrected chi connectivity index (χ3v) is 6.22. The van der Waals surface area contributed by atoms with Crippen LogP contribution in [0.5, 0.6) is 0 Å². The van der Waals surface area contributed by atoms with Gasteiger partial charge < -0.3 is 10.6 Å². The van der Waals surface area contributed by atoms with Gasteiger partial charge in [-0.05, 0) is 18.6 Å². The summed E-state index contributed by atoms with van der Waals surface area (Å²) in [5.41, 5.74) is 6.31. The summed E-state index contributed by atoms with van der Waals surface area (Å²) in [4.78, 5) is 13.9. The monoisotopic (exact) mass is 377 g/mol. The Morgan fingerprint density at radius 1 is 1.00 bits per heavy atom. The second-order valence-electron chi connectivity index (χ2n) is 6.50. The van der Waals surface area contributed by atoms with E-state index < -0.39 is 16.1 Å². The van der Waals surface area contributed by atoms with Gasteiger partial charge in [-0.25, -0.2) is 17.5 Å². The zero-order chi connectivity index (χ0) is 19.3. The standard InChI is InChI=1S/C19H27N3O3S/c1-4-5-6-7-14-22(19(20)23)26(24,25)18-13-9-10-15-16(18)11-8-12-17(15)21(2)3/h8-13H,4-7,14H2,1-3H3,(H2,20,23). The van der Waals surface area contributed by atoms with Gasteiger partial charge in [0.05, 0.1) is 4.90 Å². The second kappa shape index (κ2) is 8.40. The number of sulfonamides is 1. The van der Waals surface area contributed by atoms with Crippen molar-refractivity contribution in [1.29, 1.82) is 0 Å². The number of hydrogen-bond donors (Lipinski definition) is 1. The zero-order valence-electron chi connectivity index (χ0n) is 15.6. The zero-order valence-corrected chi connectivity index (χ0v) is 16.4. The van der Waals surface area contributed by atoms with Gasteiger partial charge in [-0.1, -0.05) is 50.5 Å². The molecule has 0 unspecified atom stereocenters. The Kier molecular flexibility index (Phi) is 6.47. The summed E-state index contributed by atoms with van der Waals surface area (Å²) in [6.45, 7) is 2.17. The van der Waals surface area contributed by atoms with Crippen molar-refractivity contribution in [2.45, 2.75) is 37.5 Å². The molecule has 2 aromatic carbocycles. The minimum absolute atomic E-state index is 0.0986. The Hall–Kier alpha value is -2.28. The number of amides is 2. The van der Waals surface area contributed by atoms with Gasteiger partial charge in [-0.3, -0.25) is 0 Å². The number of urea groups is 1. The Morgan fingerprint density at radius 3 is 2.27 bits per heavy atom. The Bertz CT molecular complexity index is 879. The SMILES string of the molecule is CCCCCCN(C(N)=O)S(=O)(=O)c1cccc2c(N(C)C)cccc12. The van der Waals surface area contributed by atoms with Gasteiger partial charge in [-0.15, -0.1) is 0 Å². The fourth-order valence-electron chi connectivity index (χ4n) is 3.03. The van der Waals surface area contributed by atoms with E-state index >= 15 is 0 Å². The predicted octanol–water partition coefficient (Wildman–Crippen LogP) is 3.56. The maximum Gasteiger partial charge on any atom is 0.328 e. The van der Waals surface area contributed by atoms with E-state index in [4.69, 9.17) is 5.73 Å². The summed E-state index contributed by atoms with van der Waals surface area (Å²) in [7, 11) is -0.212. The van der Waals surface area contributed by atoms with Crippen molar-refractivity contribution in [3.8, 4) is 0 Å². The molecule has 0 aromatic heterocycles. The highest BCUT2D eigenvalue weighted by atomic mass is 32.2. The van der Waals surface area contributed by atoms with Crippen LogP contribution >= 0.6 is 0 Å². The normalized spacial score (nSPS) is 11.5. The highest BCUT2D eigenvalue weighted by Gasteiger charge is 2.29. The van der Waals surface area contributed by atoms with Crippen LogP contribution in [-0.2, 0) is 10.0 Å². The summed E-state index contributed by atoms with van der Waals surface area (Å²) in [6.07, 6.45) is 3.48. The van der Waals surface area contributed by atoms with Crippen LogP contribution in [0.2, 0.25) is 0 Å². The summed E-state index contributed by atoms with van der Waals surface area (Å²) in [5.74, 6) is 0. The molecule has 0 atom stereocenters. The average molecular weight is 378 g/mol. The lowest BCUT2D eigenvalue weighted by Crippen LogP contribution is -2.41. The van der Waals surface area contributed by atoms with E-state index in [1.54, 1.807) is 12.1 Å². The first kappa shape index (κ1) is 20.0. The van der Waals surface area contributed by atoms with Crippen LogP contribution in [0.3, 0.4) is 0 Å². The van der Waals surface area contributed by atoms with E-state index in [-0.39, 0.29) is 11.4 Å². The van der Waals surface area contributed by atoms with E-state index in [0.29, 0.717) is 11.8 Å². The summed E-state index contributed by atoms with van der Waals surface area (Å²) < 4.78 is 27.1. The van der Waals surface area contributed by atoms with Crippen molar-refractivity contribution in [1.82, 2.24) is 4.31 Å². The minimum atomic E-state index is -4.02. The molecule has 0 saturated heterocycles. The molecule has 0 spiro atoms. The first-order valence-electron chi connectivity index (χ1n) is 8.82. The third-order valence-electron chi connectivity index (χ3n) is 4.37. The molecule has 7 heteroatoms. The Morgan fingerprint density at radius 2 is 1.65 bits per heavy atom. The number of unbranched alkanes of at least 4 members (excludes halogenated alkanes) is 3. The van der Waals surface area contributed by atoms with E-state index in [1.165, 1.54) is 6.07 Å². The summed E-state index contributed by atoms with van der Waals surface area (Å²) in [5, 5.41) is 1.40. The first-order valence-corrected chi connectivity index (χ1v) is 10.3. The molecular formula is C19H27N3O3S. The van der Waals surface area contributed by atoms with Crippen molar-refractivity contribution < 1.29 is 13.2 Å². The van der Waals surface area contributed by atoms with E-state index in [1.807, 2.05) is 37.2 Å².